The van der Waals surface area contributed by atoms with E-state index in [9.17, 15) is 4.79 Å². The van der Waals surface area contributed by atoms with E-state index in [1.54, 1.807) is 7.05 Å². The minimum absolute atomic E-state index is 0.322. The van der Waals surface area contributed by atoms with Crippen LogP contribution in [0.15, 0.2) is 0 Å². The van der Waals surface area contributed by atoms with Gasteiger partial charge in [-0.25, -0.2) is 4.79 Å². The zero-order chi connectivity index (χ0) is 13.2. The Morgan fingerprint density at radius 2 is 1.89 bits per heavy atom. The summed E-state index contributed by atoms with van der Waals surface area (Å²) in [5.41, 5.74) is 0. The van der Waals surface area contributed by atoms with Gasteiger partial charge in [0.15, 0.2) is 0 Å². The van der Waals surface area contributed by atoms with Crippen molar-refractivity contribution in [1.29, 1.82) is 0 Å². The maximum atomic E-state index is 10.8. The first-order chi connectivity index (χ1) is 8.72. The summed E-state index contributed by atoms with van der Waals surface area (Å²) >= 11 is 0. The summed E-state index contributed by atoms with van der Waals surface area (Å²) in [5, 5.41) is 2.45. The Labute approximate surface area is 111 Å². The van der Waals surface area contributed by atoms with E-state index in [0.29, 0.717) is 6.61 Å². The van der Waals surface area contributed by atoms with Crippen molar-refractivity contribution < 1.29 is 9.53 Å². The van der Waals surface area contributed by atoms with E-state index in [1.807, 2.05) is 0 Å². The molecule has 106 valence electrons. The molecule has 1 saturated heterocycles. The average molecular weight is 256 g/mol. The molecule has 0 unspecified atom stereocenters. The number of carbonyl (C=O) groups excluding carboxylic acids is 1. The molecule has 1 N–H and O–H groups in total. The molecular weight excluding hydrogens is 228 g/mol. The summed E-state index contributed by atoms with van der Waals surface area (Å²) in [6.45, 7) is 6.69. The van der Waals surface area contributed by atoms with Gasteiger partial charge in [-0.05, 0) is 51.2 Å². The van der Waals surface area contributed by atoms with Crippen LogP contribution in [-0.4, -0.2) is 44.3 Å². The van der Waals surface area contributed by atoms with Crippen LogP contribution in [0.3, 0.4) is 0 Å². The van der Waals surface area contributed by atoms with E-state index in [0.717, 1.165) is 18.8 Å². The summed E-state index contributed by atoms with van der Waals surface area (Å²) in [6, 6.07) is 0. The third kappa shape index (κ3) is 6.84. The lowest BCUT2D eigenvalue weighted by molar-refractivity contribution is 0.145. The fraction of sp³-hybridized carbons (Fsp3) is 0.929. The third-order valence-electron chi connectivity index (χ3n) is 3.68. The summed E-state index contributed by atoms with van der Waals surface area (Å²) in [7, 11) is 1.59. The summed E-state index contributed by atoms with van der Waals surface area (Å²) in [5.74, 6) is 0.920. The van der Waals surface area contributed by atoms with Crippen LogP contribution in [-0.2, 0) is 4.74 Å². The topological polar surface area (TPSA) is 41.6 Å². The Kier molecular flexibility index (Phi) is 7.81. The van der Waals surface area contributed by atoms with Gasteiger partial charge in [0.2, 0.25) is 0 Å². The number of rotatable bonds is 7. The number of nitrogens with zero attached hydrogens (tertiary/aromatic N) is 1. The largest absolute Gasteiger partial charge is 0.450 e. The summed E-state index contributed by atoms with van der Waals surface area (Å²) in [4.78, 5) is 13.4. The van der Waals surface area contributed by atoms with Crippen molar-refractivity contribution in [1.82, 2.24) is 10.2 Å². The standard InChI is InChI=1S/C14H28N2O2/c1-13-7-10-16(11-8-13)9-5-3-4-6-12-18-14(17)15-2/h13H,3-12H2,1-2H3,(H,15,17). The zero-order valence-electron chi connectivity index (χ0n) is 11.9. The molecule has 1 fully saturated rings. The summed E-state index contributed by atoms with van der Waals surface area (Å²) < 4.78 is 4.94. The van der Waals surface area contributed by atoms with Gasteiger partial charge in [-0.15, -0.1) is 0 Å². The van der Waals surface area contributed by atoms with E-state index >= 15 is 0 Å². The molecule has 0 radical (unpaired) electrons. The molecule has 18 heavy (non-hydrogen) atoms. The Bertz CT molecular complexity index is 226. The van der Waals surface area contributed by atoms with Crippen LogP contribution in [0.4, 0.5) is 4.79 Å². The van der Waals surface area contributed by atoms with Gasteiger partial charge in [0.25, 0.3) is 0 Å². The lowest BCUT2D eigenvalue weighted by Gasteiger charge is -2.30. The van der Waals surface area contributed by atoms with Gasteiger partial charge in [0.05, 0.1) is 6.61 Å². The van der Waals surface area contributed by atoms with Gasteiger partial charge < -0.3 is 15.0 Å². The van der Waals surface area contributed by atoms with Crippen LogP contribution in [0.2, 0.25) is 0 Å². The smallest absolute Gasteiger partial charge is 0.406 e. The van der Waals surface area contributed by atoms with Crippen molar-refractivity contribution in [2.75, 3.05) is 33.3 Å². The number of hydrogen-bond donors (Lipinski definition) is 1. The van der Waals surface area contributed by atoms with Gasteiger partial charge in [-0.3, -0.25) is 0 Å². The lowest BCUT2D eigenvalue weighted by atomic mass is 9.99. The molecule has 4 heteroatoms. The van der Waals surface area contributed by atoms with Gasteiger partial charge in [0, 0.05) is 7.05 Å². The number of likely N-dealkylation sites (tertiary alicyclic amines) is 1. The van der Waals surface area contributed by atoms with Crippen LogP contribution >= 0.6 is 0 Å². The predicted octanol–water partition coefficient (Wildman–Crippen LogP) is 2.63. The number of unbranched alkanes of at least 4 members (excludes halogenated alkanes) is 3. The molecule has 0 aromatic heterocycles. The maximum absolute atomic E-state index is 10.8. The van der Waals surface area contributed by atoms with Crippen molar-refractivity contribution in [3.05, 3.63) is 0 Å². The first-order valence-electron chi connectivity index (χ1n) is 7.29. The number of nitrogens with one attached hydrogen (secondary N) is 1. The molecule has 1 amide bonds. The second-order valence-electron chi connectivity index (χ2n) is 5.32. The fourth-order valence-electron chi connectivity index (χ4n) is 2.31. The van der Waals surface area contributed by atoms with E-state index in [4.69, 9.17) is 4.74 Å². The fourth-order valence-corrected chi connectivity index (χ4v) is 2.31. The predicted molar refractivity (Wildman–Crippen MR) is 73.7 cm³/mol. The molecule has 0 aliphatic carbocycles. The molecule has 0 spiro atoms. The van der Waals surface area contributed by atoms with Gasteiger partial charge in [0.1, 0.15) is 0 Å². The van der Waals surface area contributed by atoms with Crippen LogP contribution in [0, 0.1) is 5.92 Å². The number of amides is 1. The maximum Gasteiger partial charge on any atom is 0.406 e. The van der Waals surface area contributed by atoms with E-state index < -0.39 is 0 Å². The molecule has 0 saturated carbocycles. The zero-order valence-corrected chi connectivity index (χ0v) is 11.9. The molecule has 1 heterocycles. The average Bonchev–Trinajstić information content (AvgIpc) is 2.39. The highest BCUT2D eigenvalue weighted by molar-refractivity contribution is 5.66. The Morgan fingerprint density at radius 3 is 2.56 bits per heavy atom. The Morgan fingerprint density at radius 1 is 1.22 bits per heavy atom. The molecule has 1 aliphatic heterocycles. The molecule has 4 nitrogen and oxygen atoms in total. The van der Waals surface area contributed by atoms with Gasteiger partial charge >= 0.3 is 6.09 Å². The third-order valence-corrected chi connectivity index (χ3v) is 3.68. The molecule has 0 aromatic rings. The van der Waals surface area contributed by atoms with Crippen molar-refractivity contribution >= 4 is 6.09 Å². The monoisotopic (exact) mass is 256 g/mol. The highest BCUT2D eigenvalue weighted by atomic mass is 16.5. The first kappa shape index (κ1) is 15.3. The van der Waals surface area contributed by atoms with E-state index in [-0.39, 0.29) is 6.09 Å². The highest BCUT2D eigenvalue weighted by Crippen LogP contribution is 2.16. The highest BCUT2D eigenvalue weighted by Gasteiger charge is 2.14. The Hall–Kier alpha value is -0.770. The van der Waals surface area contributed by atoms with Crippen LogP contribution in [0.1, 0.15) is 45.4 Å². The second-order valence-corrected chi connectivity index (χ2v) is 5.32. The van der Waals surface area contributed by atoms with Gasteiger partial charge in [-0.1, -0.05) is 19.8 Å². The number of piperidine rings is 1. The van der Waals surface area contributed by atoms with Crippen molar-refractivity contribution in [2.45, 2.75) is 45.4 Å². The second kappa shape index (κ2) is 9.20. The van der Waals surface area contributed by atoms with Crippen LogP contribution in [0.5, 0.6) is 0 Å². The van der Waals surface area contributed by atoms with Crippen molar-refractivity contribution in [3.8, 4) is 0 Å². The summed E-state index contributed by atoms with van der Waals surface area (Å²) in [6.07, 6.45) is 7.04. The lowest BCUT2D eigenvalue weighted by Crippen LogP contribution is -2.33. The SMILES string of the molecule is CNC(=O)OCCCCCCN1CCC(C)CC1. The first-order valence-corrected chi connectivity index (χ1v) is 7.29. The van der Waals surface area contributed by atoms with E-state index in [2.05, 4.69) is 17.1 Å². The quantitative estimate of drug-likeness (QED) is 0.712. The molecule has 0 bridgehead atoms. The number of hydrogen-bond acceptors (Lipinski definition) is 3. The van der Waals surface area contributed by atoms with E-state index in [1.165, 1.54) is 45.3 Å². The molecule has 1 rings (SSSR count). The minimum atomic E-state index is -0.322. The number of carbonyl (C=O) groups is 1. The van der Waals surface area contributed by atoms with Crippen LogP contribution in [0.25, 0.3) is 0 Å². The van der Waals surface area contributed by atoms with Crippen LogP contribution < -0.4 is 5.32 Å². The molecular formula is C14H28N2O2. The van der Waals surface area contributed by atoms with Crippen molar-refractivity contribution in [2.24, 2.45) is 5.92 Å². The number of ether oxygens (including phenoxy) is 1. The number of alkyl carbamates (subject to hydrolysis) is 1. The molecule has 0 atom stereocenters. The minimum Gasteiger partial charge on any atom is -0.450 e. The van der Waals surface area contributed by atoms with Gasteiger partial charge in [-0.2, -0.15) is 0 Å². The van der Waals surface area contributed by atoms with Crippen molar-refractivity contribution in [3.63, 3.8) is 0 Å². The molecule has 1 aliphatic rings. The normalized spacial score (nSPS) is 17.7. The molecule has 0 aromatic carbocycles. The Balaban J connectivity index is 1.85.